The van der Waals surface area contributed by atoms with Gasteiger partial charge in [0.15, 0.2) is 0 Å². The second-order valence-corrected chi connectivity index (χ2v) is 6.25. The molecule has 2 atom stereocenters. The third kappa shape index (κ3) is 2.44. The van der Waals surface area contributed by atoms with Gasteiger partial charge in [0.25, 0.3) is 0 Å². The van der Waals surface area contributed by atoms with Crippen molar-refractivity contribution in [1.29, 1.82) is 0 Å². The van der Waals surface area contributed by atoms with Gasteiger partial charge in [0, 0.05) is 11.6 Å². The van der Waals surface area contributed by atoms with Gasteiger partial charge in [0.1, 0.15) is 12.0 Å². The van der Waals surface area contributed by atoms with Crippen molar-refractivity contribution in [1.82, 2.24) is 10.2 Å². The van der Waals surface area contributed by atoms with E-state index in [2.05, 4.69) is 19.2 Å². The highest BCUT2D eigenvalue weighted by Gasteiger charge is 2.47. The monoisotopic (exact) mass is 276 g/mol. The Morgan fingerprint density at radius 2 is 2.05 bits per heavy atom. The minimum Gasteiger partial charge on any atom is -0.318 e. The molecule has 1 aliphatic heterocycles. The van der Waals surface area contributed by atoms with Crippen LogP contribution in [0.25, 0.3) is 0 Å². The molecule has 0 radical (unpaired) electrons. The summed E-state index contributed by atoms with van der Waals surface area (Å²) in [5.41, 5.74) is 0.582. The first-order chi connectivity index (χ1) is 9.58. The lowest BCUT2D eigenvalue weighted by molar-refractivity contribution is -0.130. The fourth-order valence-electron chi connectivity index (χ4n) is 2.97. The van der Waals surface area contributed by atoms with E-state index in [-0.39, 0.29) is 30.0 Å². The summed E-state index contributed by atoms with van der Waals surface area (Å²) in [7, 11) is 0. The quantitative estimate of drug-likeness (QED) is 0.917. The summed E-state index contributed by atoms with van der Waals surface area (Å²) in [4.78, 5) is 14.4. The first kappa shape index (κ1) is 13.6. The van der Waals surface area contributed by atoms with E-state index in [0.29, 0.717) is 11.5 Å². The maximum absolute atomic E-state index is 14.0. The Kier molecular flexibility index (Phi) is 3.50. The fourth-order valence-corrected chi connectivity index (χ4v) is 2.97. The molecule has 1 aliphatic carbocycles. The normalized spacial score (nSPS) is 26.6. The molecule has 1 aromatic rings. The summed E-state index contributed by atoms with van der Waals surface area (Å²) >= 11 is 0. The van der Waals surface area contributed by atoms with Gasteiger partial charge in [-0.2, -0.15) is 0 Å². The molecule has 0 bridgehead atoms. The SMILES string of the molecule is CC(C)CC1NC(c2ccccc2F)N(C2CC2)C1=O. The molecule has 0 spiro atoms. The summed E-state index contributed by atoms with van der Waals surface area (Å²) in [6, 6.07) is 6.85. The highest BCUT2D eigenvalue weighted by Crippen LogP contribution is 2.38. The first-order valence-corrected chi connectivity index (χ1v) is 7.40. The predicted molar refractivity (Wildman–Crippen MR) is 75.4 cm³/mol. The molecule has 3 nitrogen and oxygen atoms in total. The summed E-state index contributed by atoms with van der Waals surface area (Å²) in [6.07, 6.45) is 2.56. The van der Waals surface area contributed by atoms with Crippen LogP contribution in [0.1, 0.15) is 44.8 Å². The van der Waals surface area contributed by atoms with Crippen LogP contribution in [0.4, 0.5) is 4.39 Å². The highest BCUT2D eigenvalue weighted by molar-refractivity contribution is 5.85. The van der Waals surface area contributed by atoms with E-state index in [1.165, 1.54) is 6.07 Å². The van der Waals surface area contributed by atoms with Gasteiger partial charge < -0.3 is 4.90 Å². The number of hydrogen-bond donors (Lipinski definition) is 1. The van der Waals surface area contributed by atoms with Crippen LogP contribution in [0, 0.1) is 11.7 Å². The van der Waals surface area contributed by atoms with Crippen LogP contribution in [0.5, 0.6) is 0 Å². The number of amides is 1. The number of halogens is 1. The van der Waals surface area contributed by atoms with Crippen molar-refractivity contribution in [3.8, 4) is 0 Å². The Hall–Kier alpha value is -1.42. The lowest BCUT2D eigenvalue weighted by Crippen LogP contribution is -2.33. The average molecular weight is 276 g/mol. The zero-order chi connectivity index (χ0) is 14.3. The molecule has 3 rings (SSSR count). The number of nitrogens with one attached hydrogen (secondary N) is 1. The van der Waals surface area contributed by atoms with Gasteiger partial charge >= 0.3 is 0 Å². The molecule has 1 saturated carbocycles. The van der Waals surface area contributed by atoms with Crippen LogP contribution in [0.15, 0.2) is 24.3 Å². The van der Waals surface area contributed by atoms with Gasteiger partial charge in [-0.05, 0) is 31.2 Å². The predicted octanol–water partition coefficient (Wildman–Crippen LogP) is 2.83. The van der Waals surface area contributed by atoms with E-state index in [1.807, 2.05) is 11.0 Å². The van der Waals surface area contributed by atoms with Crippen molar-refractivity contribution in [2.75, 3.05) is 0 Å². The molecule has 0 aromatic heterocycles. The second kappa shape index (κ2) is 5.17. The topological polar surface area (TPSA) is 32.3 Å². The van der Waals surface area contributed by atoms with Crippen LogP contribution in [0.3, 0.4) is 0 Å². The van der Waals surface area contributed by atoms with Gasteiger partial charge in [-0.25, -0.2) is 4.39 Å². The maximum atomic E-state index is 14.0. The van der Waals surface area contributed by atoms with Crippen molar-refractivity contribution in [3.63, 3.8) is 0 Å². The second-order valence-electron chi connectivity index (χ2n) is 6.25. The highest BCUT2D eigenvalue weighted by atomic mass is 19.1. The molecule has 1 aromatic carbocycles. The first-order valence-electron chi connectivity index (χ1n) is 7.40. The van der Waals surface area contributed by atoms with Gasteiger partial charge in [0.2, 0.25) is 5.91 Å². The van der Waals surface area contributed by atoms with Crippen molar-refractivity contribution < 1.29 is 9.18 Å². The lowest BCUT2D eigenvalue weighted by atomic mass is 10.0. The van der Waals surface area contributed by atoms with E-state index in [4.69, 9.17) is 0 Å². The Balaban J connectivity index is 1.89. The minimum atomic E-state index is -0.306. The molecule has 20 heavy (non-hydrogen) atoms. The van der Waals surface area contributed by atoms with Crippen LogP contribution in [-0.4, -0.2) is 22.9 Å². The summed E-state index contributed by atoms with van der Waals surface area (Å²) < 4.78 is 14.0. The third-order valence-electron chi connectivity index (χ3n) is 4.04. The van der Waals surface area contributed by atoms with Gasteiger partial charge in [-0.3, -0.25) is 10.1 Å². The Morgan fingerprint density at radius 1 is 1.35 bits per heavy atom. The largest absolute Gasteiger partial charge is 0.318 e. The Labute approximate surface area is 119 Å². The molecule has 4 heteroatoms. The van der Waals surface area contributed by atoms with Gasteiger partial charge in [-0.1, -0.05) is 32.0 Å². The maximum Gasteiger partial charge on any atom is 0.241 e. The van der Waals surface area contributed by atoms with Crippen LogP contribution >= 0.6 is 0 Å². The van der Waals surface area contributed by atoms with Crippen molar-refractivity contribution in [3.05, 3.63) is 35.6 Å². The Bertz CT molecular complexity index is 513. The standard InChI is InChI=1S/C16H21FN2O/c1-10(2)9-14-16(20)19(11-7-8-11)15(18-14)12-5-3-4-6-13(12)17/h3-6,10-11,14-15,18H,7-9H2,1-2H3. The molecular formula is C16H21FN2O. The number of carbonyl (C=O) groups is 1. The number of rotatable bonds is 4. The molecule has 1 heterocycles. The van der Waals surface area contributed by atoms with Crippen LogP contribution < -0.4 is 5.32 Å². The van der Waals surface area contributed by atoms with Gasteiger partial charge in [-0.15, -0.1) is 0 Å². The fraction of sp³-hybridized carbons (Fsp3) is 0.562. The van der Waals surface area contributed by atoms with Gasteiger partial charge in [0.05, 0.1) is 6.04 Å². The number of benzene rings is 1. The molecule has 2 fully saturated rings. The molecule has 1 N–H and O–H groups in total. The smallest absolute Gasteiger partial charge is 0.241 e. The molecule has 1 amide bonds. The molecular weight excluding hydrogens is 255 g/mol. The number of carbonyl (C=O) groups excluding carboxylic acids is 1. The number of hydrogen-bond acceptors (Lipinski definition) is 2. The third-order valence-corrected chi connectivity index (χ3v) is 4.04. The number of nitrogens with zero attached hydrogens (tertiary/aromatic N) is 1. The minimum absolute atomic E-state index is 0.134. The zero-order valence-corrected chi connectivity index (χ0v) is 12.0. The Morgan fingerprint density at radius 3 is 2.65 bits per heavy atom. The lowest BCUT2D eigenvalue weighted by Gasteiger charge is -2.24. The summed E-state index contributed by atoms with van der Waals surface area (Å²) in [5.74, 6) is 0.333. The van der Waals surface area contributed by atoms with E-state index in [0.717, 1.165) is 19.3 Å². The molecule has 2 aliphatic rings. The summed E-state index contributed by atoms with van der Waals surface area (Å²) in [6.45, 7) is 4.21. The van der Waals surface area contributed by atoms with Crippen molar-refractivity contribution in [2.45, 2.75) is 51.4 Å². The van der Waals surface area contributed by atoms with E-state index in [9.17, 15) is 9.18 Å². The van der Waals surface area contributed by atoms with Crippen LogP contribution in [-0.2, 0) is 4.79 Å². The van der Waals surface area contributed by atoms with Crippen LogP contribution in [0.2, 0.25) is 0 Å². The van der Waals surface area contributed by atoms with E-state index < -0.39 is 0 Å². The zero-order valence-electron chi connectivity index (χ0n) is 12.0. The summed E-state index contributed by atoms with van der Waals surface area (Å²) in [5, 5.41) is 3.34. The van der Waals surface area contributed by atoms with E-state index >= 15 is 0 Å². The van der Waals surface area contributed by atoms with Crippen molar-refractivity contribution >= 4 is 5.91 Å². The van der Waals surface area contributed by atoms with E-state index in [1.54, 1.807) is 12.1 Å². The molecule has 1 saturated heterocycles. The van der Waals surface area contributed by atoms with Crippen molar-refractivity contribution in [2.24, 2.45) is 5.92 Å². The average Bonchev–Trinajstić information content (AvgIpc) is 3.17. The molecule has 108 valence electrons. The molecule has 2 unspecified atom stereocenters.